The molecule has 0 saturated carbocycles. The van der Waals surface area contributed by atoms with Gasteiger partial charge in [-0.15, -0.1) is 11.3 Å². The monoisotopic (exact) mass is 665 g/mol. The van der Waals surface area contributed by atoms with Crippen molar-refractivity contribution in [2.24, 2.45) is 0 Å². The van der Waals surface area contributed by atoms with Gasteiger partial charge in [0.1, 0.15) is 5.02 Å². The van der Waals surface area contributed by atoms with Crippen LogP contribution >= 0.6 is 22.9 Å². The lowest BCUT2D eigenvalue weighted by Gasteiger charge is -2.32. The van der Waals surface area contributed by atoms with Crippen molar-refractivity contribution in [3.05, 3.63) is 69.6 Å². The Hall–Kier alpha value is -4.18. The van der Waals surface area contributed by atoms with E-state index in [2.05, 4.69) is 10.6 Å². The molecule has 1 fully saturated rings. The van der Waals surface area contributed by atoms with Gasteiger partial charge in [-0.1, -0.05) is 35.9 Å². The van der Waals surface area contributed by atoms with Gasteiger partial charge in [-0.2, -0.15) is 0 Å². The number of thiophene rings is 1. The van der Waals surface area contributed by atoms with E-state index in [4.69, 9.17) is 21.4 Å². The van der Waals surface area contributed by atoms with Crippen LogP contribution in [0.1, 0.15) is 43.2 Å². The van der Waals surface area contributed by atoms with Gasteiger partial charge in [0.25, 0.3) is 5.91 Å². The molecule has 16 heteroatoms. The Morgan fingerprint density at radius 3 is 2.30 bits per heavy atom. The van der Waals surface area contributed by atoms with Crippen LogP contribution in [-0.2, 0) is 14.8 Å². The lowest BCUT2D eigenvalue weighted by atomic mass is 10.1. The number of aliphatic carboxylic acids is 1. The van der Waals surface area contributed by atoms with Gasteiger partial charge in [0, 0.05) is 31.4 Å². The first-order valence-corrected chi connectivity index (χ1v) is 16.0. The fourth-order valence-electron chi connectivity index (χ4n) is 4.63. The van der Waals surface area contributed by atoms with E-state index in [0.717, 1.165) is 11.3 Å². The average molecular weight is 666 g/mol. The van der Waals surface area contributed by atoms with Crippen LogP contribution in [0.3, 0.4) is 0 Å². The summed E-state index contributed by atoms with van der Waals surface area (Å²) in [5.74, 6) is -5.06. The number of carbonyl (C=O) groups excluding carboxylic acids is 1. The van der Waals surface area contributed by atoms with Crippen molar-refractivity contribution in [1.29, 1.82) is 0 Å². The second-order valence-corrected chi connectivity index (χ2v) is 13.2. The number of benzene rings is 2. The summed E-state index contributed by atoms with van der Waals surface area (Å²) in [5.41, 5.74) is 1.06. The van der Waals surface area contributed by atoms with E-state index in [1.165, 1.54) is 28.6 Å². The number of hydrogen-bond donors (Lipinski definition) is 5. The summed E-state index contributed by atoms with van der Waals surface area (Å²) >= 11 is 7.26. The van der Waals surface area contributed by atoms with Crippen LogP contribution in [-0.4, -0.2) is 89.9 Å². The number of rotatable bonds is 13. The van der Waals surface area contributed by atoms with Crippen molar-refractivity contribution in [1.82, 2.24) is 9.62 Å². The Balaban J connectivity index is 1.33. The average Bonchev–Trinajstić information content (AvgIpc) is 3.32. The molecular formula is C28H28ClN3O10S2. The van der Waals surface area contributed by atoms with E-state index in [1.807, 2.05) is 0 Å². The fourth-order valence-corrected chi connectivity index (χ4v) is 7.42. The van der Waals surface area contributed by atoms with Crippen molar-refractivity contribution in [3.8, 4) is 16.2 Å². The summed E-state index contributed by atoms with van der Waals surface area (Å²) in [7, 11) is -3.69. The molecule has 0 radical (unpaired) electrons. The molecule has 1 aliphatic heterocycles. The molecule has 1 amide bonds. The number of carboxylic acids is 3. The summed E-state index contributed by atoms with van der Waals surface area (Å²) in [6.07, 6.45) is 0.996. The lowest BCUT2D eigenvalue weighted by molar-refractivity contribution is -0.139. The Morgan fingerprint density at radius 2 is 1.66 bits per heavy atom. The van der Waals surface area contributed by atoms with E-state index >= 15 is 0 Å². The number of aromatic carboxylic acids is 2. The summed E-state index contributed by atoms with van der Waals surface area (Å²) in [5, 5.41) is 33.5. The second kappa shape index (κ2) is 14.1. The molecule has 2 heterocycles. The Bertz CT molecular complexity index is 1680. The maximum Gasteiger partial charge on any atom is 0.349 e. The highest BCUT2D eigenvalue weighted by molar-refractivity contribution is 7.89. The highest BCUT2D eigenvalue weighted by Crippen LogP contribution is 2.46. The Morgan fingerprint density at radius 1 is 0.977 bits per heavy atom. The zero-order valence-corrected chi connectivity index (χ0v) is 25.4. The van der Waals surface area contributed by atoms with Crippen LogP contribution < -0.4 is 15.4 Å². The first-order chi connectivity index (χ1) is 20.9. The molecule has 1 aromatic heterocycles. The van der Waals surface area contributed by atoms with E-state index in [1.54, 1.807) is 24.3 Å². The SMILES string of the molecule is O=C(O)COc1c(C(=O)O)sc(-c2cccc(NC3CCN(S(=O)(=O)CCNC(=O)c4ccccc4C(=O)O)CC3)c2)c1Cl. The van der Waals surface area contributed by atoms with Crippen LogP contribution in [0.4, 0.5) is 5.69 Å². The number of nitrogens with zero attached hydrogens (tertiary/aromatic N) is 1. The van der Waals surface area contributed by atoms with Gasteiger partial charge in [-0.05, 0) is 42.7 Å². The Kier molecular flexibility index (Phi) is 10.5. The molecule has 4 rings (SSSR count). The second-order valence-electron chi connectivity index (χ2n) is 9.71. The highest BCUT2D eigenvalue weighted by atomic mass is 35.5. The third-order valence-corrected chi connectivity index (χ3v) is 10.3. The molecule has 0 bridgehead atoms. The maximum absolute atomic E-state index is 12.9. The predicted octanol–water partition coefficient (Wildman–Crippen LogP) is 3.56. The highest BCUT2D eigenvalue weighted by Gasteiger charge is 2.29. The Labute approximate surface area is 261 Å². The summed E-state index contributed by atoms with van der Waals surface area (Å²) in [4.78, 5) is 46.6. The van der Waals surface area contributed by atoms with Gasteiger partial charge in [0.2, 0.25) is 10.0 Å². The standard InChI is InChI=1S/C28H28ClN3O10S2/c29-22-23(42-15-21(33)34)25(28(38)39)43-24(22)16-4-3-5-18(14-16)31-17-8-11-32(12-9-17)44(40,41)13-10-30-26(35)19-6-1-2-7-20(19)27(36)37/h1-7,14,17,31H,8-13,15H2,(H,30,35)(H,33,34)(H,36,37)(H,38,39). The normalized spacial score (nSPS) is 14.1. The topological polar surface area (TPSA) is 200 Å². The van der Waals surface area contributed by atoms with Gasteiger partial charge in [0.05, 0.1) is 21.8 Å². The predicted molar refractivity (Wildman–Crippen MR) is 163 cm³/mol. The molecule has 1 saturated heterocycles. The van der Waals surface area contributed by atoms with Crippen molar-refractivity contribution >= 4 is 62.5 Å². The van der Waals surface area contributed by atoms with Crippen LogP contribution in [0.2, 0.25) is 5.02 Å². The zero-order valence-electron chi connectivity index (χ0n) is 23.0. The minimum Gasteiger partial charge on any atom is -0.479 e. The molecule has 5 N–H and O–H groups in total. The number of carbonyl (C=O) groups is 4. The quantitative estimate of drug-likeness (QED) is 0.179. The van der Waals surface area contributed by atoms with Gasteiger partial charge >= 0.3 is 17.9 Å². The van der Waals surface area contributed by atoms with Crippen LogP contribution in [0.5, 0.6) is 5.75 Å². The van der Waals surface area contributed by atoms with E-state index < -0.39 is 40.4 Å². The van der Waals surface area contributed by atoms with Gasteiger partial charge in [-0.25, -0.2) is 27.1 Å². The number of sulfonamides is 1. The molecule has 1 aliphatic rings. The van der Waals surface area contributed by atoms with Gasteiger partial charge < -0.3 is 30.7 Å². The zero-order chi connectivity index (χ0) is 32.0. The molecule has 0 aliphatic carbocycles. The number of hydrogen-bond acceptors (Lipinski definition) is 9. The summed E-state index contributed by atoms with van der Waals surface area (Å²) < 4.78 is 32.3. The van der Waals surface area contributed by atoms with E-state index in [0.29, 0.717) is 29.0 Å². The first-order valence-electron chi connectivity index (χ1n) is 13.2. The van der Waals surface area contributed by atoms with Crippen LogP contribution in [0.15, 0.2) is 48.5 Å². The fraction of sp³-hybridized carbons (Fsp3) is 0.286. The first kappa shape index (κ1) is 32.7. The molecule has 234 valence electrons. The minimum atomic E-state index is -3.69. The number of piperidine rings is 1. The van der Waals surface area contributed by atoms with Crippen molar-refractivity contribution < 1.29 is 47.7 Å². The molecule has 13 nitrogen and oxygen atoms in total. The van der Waals surface area contributed by atoms with Crippen molar-refractivity contribution in [3.63, 3.8) is 0 Å². The number of nitrogens with one attached hydrogen (secondary N) is 2. The number of amides is 1. The van der Waals surface area contributed by atoms with Crippen LogP contribution in [0.25, 0.3) is 10.4 Å². The van der Waals surface area contributed by atoms with Gasteiger partial charge in [0.15, 0.2) is 17.2 Å². The number of ether oxygens (including phenoxy) is 1. The van der Waals surface area contributed by atoms with Gasteiger partial charge in [-0.3, -0.25) is 4.79 Å². The van der Waals surface area contributed by atoms with Crippen molar-refractivity contribution in [2.45, 2.75) is 18.9 Å². The number of halogens is 1. The van der Waals surface area contributed by atoms with E-state index in [-0.39, 0.29) is 58.2 Å². The third-order valence-electron chi connectivity index (χ3n) is 6.73. The molecular weight excluding hydrogens is 638 g/mol. The molecule has 0 unspecified atom stereocenters. The molecule has 0 spiro atoms. The summed E-state index contributed by atoms with van der Waals surface area (Å²) in [6.45, 7) is -0.433. The maximum atomic E-state index is 12.9. The lowest BCUT2D eigenvalue weighted by Crippen LogP contribution is -2.44. The molecule has 44 heavy (non-hydrogen) atoms. The molecule has 0 atom stereocenters. The van der Waals surface area contributed by atoms with Crippen LogP contribution in [0, 0.1) is 0 Å². The molecule has 2 aromatic carbocycles. The molecule has 3 aromatic rings. The third kappa shape index (κ3) is 7.85. The largest absolute Gasteiger partial charge is 0.479 e. The smallest absolute Gasteiger partial charge is 0.349 e. The summed E-state index contributed by atoms with van der Waals surface area (Å²) in [6, 6.07) is 12.6. The number of anilines is 1. The number of carboxylic acid groups (broad SMARTS) is 3. The van der Waals surface area contributed by atoms with E-state index in [9.17, 15) is 37.8 Å². The van der Waals surface area contributed by atoms with Crippen molar-refractivity contribution in [2.75, 3.05) is 37.3 Å². The minimum absolute atomic E-state index is 0.00778.